The molecule has 0 bridgehead atoms. The topological polar surface area (TPSA) is 65.7 Å². The second-order valence-corrected chi connectivity index (χ2v) is 3.81. The summed E-state index contributed by atoms with van der Waals surface area (Å²) in [6.45, 7) is 2.79. The number of ether oxygens (including phenoxy) is 3. The number of nitrogens with one attached hydrogen (secondary N) is 1. The van der Waals surface area contributed by atoms with E-state index in [1.807, 2.05) is 18.2 Å². The second-order valence-electron chi connectivity index (χ2n) is 3.81. The van der Waals surface area contributed by atoms with E-state index in [-0.39, 0.29) is 0 Å². The molecule has 0 fully saturated rings. The smallest absolute Gasteiger partial charge is 0.143 e. The molecule has 1 aromatic rings. The summed E-state index contributed by atoms with van der Waals surface area (Å²) in [4.78, 5) is 0. The van der Waals surface area contributed by atoms with Crippen LogP contribution in [0.25, 0.3) is 0 Å². The summed E-state index contributed by atoms with van der Waals surface area (Å²) in [6, 6.07) is 5.69. The van der Waals surface area contributed by atoms with Gasteiger partial charge in [-0.2, -0.15) is 0 Å². The Balaban J connectivity index is 2.23. The molecular weight excluding hydrogens is 232 g/mol. The molecule has 18 heavy (non-hydrogen) atoms. The minimum Gasteiger partial charge on any atom is -0.495 e. The first-order valence-electron chi connectivity index (χ1n) is 6.02. The van der Waals surface area contributed by atoms with Crippen LogP contribution < -0.4 is 15.8 Å². The molecule has 0 atom stereocenters. The molecule has 1 rings (SSSR count). The van der Waals surface area contributed by atoms with E-state index in [0.29, 0.717) is 31.3 Å². The number of benzene rings is 1. The third-order valence-corrected chi connectivity index (χ3v) is 2.50. The predicted molar refractivity (Wildman–Crippen MR) is 73.2 cm³/mol. The first-order valence-corrected chi connectivity index (χ1v) is 6.02. The zero-order valence-corrected chi connectivity index (χ0v) is 11.1. The van der Waals surface area contributed by atoms with E-state index < -0.39 is 0 Å². The Kier molecular flexibility index (Phi) is 6.98. The monoisotopic (exact) mass is 254 g/mol. The van der Waals surface area contributed by atoms with E-state index in [4.69, 9.17) is 19.9 Å². The molecule has 0 aliphatic carbocycles. The maximum atomic E-state index is 5.94. The Labute approximate surface area is 108 Å². The van der Waals surface area contributed by atoms with Gasteiger partial charge in [-0.1, -0.05) is 6.07 Å². The average molecular weight is 254 g/mol. The molecule has 0 aromatic heterocycles. The number of para-hydroxylation sites is 1. The highest BCUT2D eigenvalue weighted by atomic mass is 16.5. The number of nitrogens with two attached hydrogens (primary N) is 1. The van der Waals surface area contributed by atoms with E-state index >= 15 is 0 Å². The van der Waals surface area contributed by atoms with Gasteiger partial charge in [0.15, 0.2) is 0 Å². The average Bonchev–Trinajstić information content (AvgIpc) is 2.39. The highest BCUT2D eigenvalue weighted by Gasteiger charge is 2.03. The van der Waals surface area contributed by atoms with Crippen LogP contribution in [-0.4, -0.2) is 40.6 Å². The van der Waals surface area contributed by atoms with Crippen LogP contribution in [0.5, 0.6) is 5.75 Å². The van der Waals surface area contributed by atoms with Crippen LogP contribution in [0.3, 0.4) is 0 Å². The number of anilines is 2. The number of methoxy groups -OCH3 is 2. The van der Waals surface area contributed by atoms with Crippen molar-refractivity contribution in [2.24, 2.45) is 0 Å². The maximum absolute atomic E-state index is 5.94. The lowest BCUT2D eigenvalue weighted by Crippen LogP contribution is -2.09. The van der Waals surface area contributed by atoms with Gasteiger partial charge in [-0.25, -0.2) is 0 Å². The fourth-order valence-electron chi connectivity index (χ4n) is 1.52. The van der Waals surface area contributed by atoms with E-state index in [1.165, 1.54) is 0 Å². The SMILES string of the molecule is COCCOCCCNc1cccc(OC)c1N. The molecule has 0 aliphatic heterocycles. The van der Waals surface area contributed by atoms with Gasteiger partial charge < -0.3 is 25.3 Å². The van der Waals surface area contributed by atoms with Crippen molar-refractivity contribution in [3.05, 3.63) is 18.2 Å². The Morgan fingerprint density at radius 3 is 2.72 bits per heavy atom. The Bertz CT molecular complexity index is 345. The van der Waals surface area contributed by atoms with Crippen molar-refractivity contribution in [3.8, 4) is 5.75 Å². The number of rotatable bonds is 9. The highest BCUT2D eigenvalue weighted by Crippen LogP contribution is 2.28. The predicted octanol–water partition coefficient (Wildman–Crippen LogP) is 1.74. The van der Waals surface area contributed by atoms with Crippen molar-refractivity contribution in [3.63, 3.8) is 0 Å². The largest absolute Gasteiger partial charge is 0.495 e. The van der Waals surface area contributed by atoms with Gasteiger partial charge in [0.1, 0.15) is 5.75 Å². The third-order valence-electron chi connectivity index (χ3n) is 2.50. The van der Waals surface area contributed by atoms with E-state index in [0.717, 1.165) is 18.7 Å². The third kappa shape index (κ3) is 4.81. The van der Waals surface area contributed by atoms with Gasteiger partial charge in [-0.3, -0.25) is 0 Å². The zero-order chi connectivity index (χ0) is 13.2. The summed E-state index contributed by atoms with van der Waals surface area (Å²) in [7, 11) is 3.27. The van der Waals surface area contributed by atoms with E-state index in [2.05, 4.69) is 5.32 Å². The van der Waals surface area contributed by atoms with Gasteiger partial charge in [0.25, 0.3) is 0 Å². The molecule has 0 aliphatic rings. The molecule has 0 heterocycles. The Morgan fingerprint density at radius 1 is 1.17 bits per heavy atom. The number of hydrogen-bond acceptors (Lipinski definition) is 5. The van der Waals surface area contributed by atoms with Gasteiger partial charge in [0.2, 0.25) is 0 Å². The second kappa shape index (κ2) is 8.60. The Morgan fingerprint density at radius 2 is 2.00 bits per heavy atom. The standard InChI is InChI=1S/C13H22N2O3/c1-16-9-10-18-8-4-7-15-11-5-3-6-12(17-2)13(11)14/h3,5-6,15H,4,7-10,14H2,1-2H3. The molecule has 5 nitrogen and oxygen atoms in total. The van der Waals surface area contributed by atoms with Crippen molar-refractivity contribution in [2.45, 2.75) is 6.42 Å². The van der Waals surface area contributed by atoms with Crippen molar-refractivity contribution in [1.29, 1.82) is 0 Å². The summed E-state index contributed by atoms with van der Waals surface area (Å²) in [5.74, 6) is 0.691. The lowest BCUT2D eigenvalue weighted by molar-refractivity contribution is 0.0705. The van der Waals surface area contributed by atoms with Crippen LogP contribution in [0.15, 0.2) is 18.2 Å². The van der Waals surface area contributed by atoms with Crippen LogP contribution in [0.1, 0.15) is 6.42 Å². The molecule has 102 valence electrons. The van der Waals surface area contributed by atoms with Crippen molar-refractivity contribution < 1.29 is 14.2 Å². The highest BCUT2D eigenvalue weighted by molar-refractivity contribution is 5.72. The fraction of sp³-hybridized carbons (Fsp3) is 0.538. The summed E-state index contributed by atoms with van der Waals surface area (Å²) in [5, 5.41) is 3.26. The Hall–Kier alpha value is -1.46. The van der Waals surface area contributed by atoms with Crippen LogP contribution in [-0.2, 0) is 9.47 Å². The summed E-state index contributed by atoms with van der Waals surface area (Å²) >= 11 is 0. The van der Waals surface area contributed by atoms with Crippen LogP contribution in [0, 0.1) is 0 Å². The molecule has 0 radical (unpaired) electrons. The first-order chi connectivity index (χ1) is 8.79. The molecular formula is C13H22N2O3. The number of nitrogen functional groups attached to an aromatic ring is 1. The molecule has 0 saturated heterocycles. The van der Waals surface area contributed by atoms with Crippen molar-refractivity contribution in [2.75, 3.05) is 51.6 Å². The number of hydrogen-bond donors (Lipinski definition) is 2. The van der Waals surface area contributed by atoms with E-state index in [9.17, 15) is 0 Å². The molecule has 0 amide bonds. The molecule has 5 heteroatoms. The van der Waals surface area contributed by atoms with Crippen molar-refractivity contribution >= 4 is 11.4 Å². The van der Waals surface area contributed by atoms with Gasteiger partial charge >= 0.3 is 0 Å². The normalized spacial score (nSPS) is 10.3. The lowest BCUT2D eigenvalue weighted by Gasteiger charge is -2.12. The van der Waals surface area contributed by atoms with Crippen LogP contribution >= 0.6 is 0 Å². The van der Waals surface area contributed by atoms with Crippen LogP contribution in [0.2, 0.25) is 0 Å². The van der Waals surface area contributed by atoms with E-state index in [1.54, 1.807) is 14.2 Å². The molecule has 3 N–H and O–H groups in total. The van der Waals surface area contributed by atoms with Gasteiger partial charge in [0, 0.05) is 20.3 Å². The zero-order valence-electron chi connectivity index (χ0n) is 11.1. The minimum absolute atomic E-state index is 0.635. The van der Waals surface area contributed by atoms with Gasteiger partial charge in [0.05, 0.1) is 31.7 Å². The summed E-state index contributed by atoms with van der Waals surface area (Å²) in [6.07, 6.45) is 0.917. The fourth-order valence-corrected chi connectivity index (χ4v) is 1.52. The summed E-state index contributed by atoms with van der Waals surface area (Å²) < 4.78 is 15.4. The molecule has 0 saturated carbocycles. The first kappa shape index (κ1) is 14.6. The molecule has 0 spiro atoms. The van der Waals surface area contributed by atoms with Gasteiger partial charge in [-0.15, -0.1) is 0 Å². The van der Waals surface area contributed by atoms with Crippen LogP contribution in [0.4, 0.5) is 11.4 Å². The lowest BCUT2D eigenvalue weighted by atomic mass is 10.2. The summed E-state index contributed by atoms with van der Waals surface area (Å²) in [5.41, 5.74) is 7.47. The van der Waals surface area contributed by atoms with Crippen molar-refractivity contribution in [1.82, 2.24) is 0 Å². The maximum Gasteiger partial charge on any atom is 0.143 e. The minimum atomic E-state index is 0.635. The van der Waals surface area contributed by atoms with Gasteiger partial charge in [-0.05, 0) is 18.6 Å². The quantitative estimate of drug-likeness (QED) is 0.519. The molecule has 1 aromatic carbocycles. The molecule has 0 unspecified atom stereocenters.